The van der Waals surface area contributed by atoms with Gasteiger partial charge in [0.05, 0.1) is 25.0 Å². The lowest BCUT2D eigenvalue weighted by Gasteiger charge is -2.32. The summed E-state index contributed by atoms with van der Waals surface area (Å²) in [4.78, 5) is 6.48. The van der Waals surface area contributed by atoms with Crippen LogP contribution in [-0.2, 0) is 11.3 Å². The van der Waals surface area contributed by atoms with Gasteiger partial charge in [-0.15, -0.1) is 0 Å². The summed E-state index contributed by atoms with van der Waals surface area (Å²) in [6.07, 6.45) is 0. The predicted octanol–water partition coefficient (Wildman–Crippen LogP) is 2.22. The number of fused-ring (bicyclic) bond motifs is 1. The van der Waals surface area contributed by atoms with Crippen molar-refractivity contribution in [1.82, 2.24) is 25.2 Å². The summed E-state index contributed by atoms with van der Waals surface area (Å²) in [5.74, 6) is 0.786. The maximum atomic E-state index is 13.5. The smallest absolute Gasteiger partial charge is 0.325 e. The van der Waals surface area contributed by atoms with E-state index in [1.165, 1.54) is 12.1 Å². The number of halogens is 1. The molecule has 1 unspecified atom stereocenters. The van der Waals surface area contributed by atoms with Gasteiger partial charge in [0.1, 0.15) is 18.4 Å². The van der Waals surface area contributed by atoms with Crippen molar-refractivity contribution in [2.45, 2.75) is 19.5 Å². The lowest BCUT2D eigenvalue weighted by Crippen LogP contribution is -2.37. The summed E-state index contributed by atoms with van der Waals surface area (Å²) in [5.41, 5.74) is 1.62. The van der Waals surface area contributed by atoms with Crippen LogP contribution >= 0.6 is 0 Å². The third-order valence-corrected chi connectivity index (χ3v) is 4.60. The third kappa shape index (κ3) is 3.69. The van der Waals surface area contributed by atoms with E-state index < -0.39 is 0 Å². The van der Waals surface area contributed by atoms with Crippen LogP contribution in [-0.4, -0.2) is 47.0 Å². The zero-order valence-corrected chi connectivity index (χ0v) is 15.7. The van der Waals surface area contributed by atoms with E-state index in [9.17, 15) is 4.39 Å². The molecule has 1 aliphatic heterocycles. The minimum atomic E-state index is -0.335. The molecule has 0 saturated carbocycles. The van der Waals surface area contributed by atoms with Crippen molar-refractivity contribution in [2.75, 3.05) is 37.3 Å². The van der Waals surface area contributed by atoms with Crippen LogP contribution in [0.15, 0.2) is 34.9 Å². The molecule has 28 heavy (non-hydrogen) atoms. The van der Waals surface area contributed by atoms with Crippen LogP contribution < -0.4 is 15.5 Å². The highest BCUT2D eigenvalue weighted by Crippen LogP contribution is 2.31. The zero-order chi connectivity index (χ0) is 19.5. The van der Waals surface area contributed by atoms with E-state index in [-0.39, 0.29) is 11.9 Å². The van der Waals surface area contributed by atoms with E-state index in [1.54, 1.807) is 12.1 Å². The molecule has 0 spiro atoms. The number of rotatable bonds is 7. The Kier molecular flexibility index (Phi) is 5.22. The third-order valence-electron chi connectivity index (χ3n) is 4.60. The predicted molar refractivity (Wildman–Crippen MR) is 101 cm³/mol. The highest BCUT2D eigenvalue weighted by atomic mass is 19.1. The molecule has 0 fully saturated rings. The van der Waals surface area contributed by atoms with Gasteiger partial charge < -0.3 is 19.5 Å². The Labute approximate surface area is 161 Å². The normalized spacial score (nSPS) is 16.2. The Morgan fingerprint density at radius 3 is 3.00 bits per heavy atom. The van der Waals surface area contributed by atoms with Crippen molar-refractivity contribution in [3.05, 3.63) is 41.8 Å². The number of hydrogen-bond acceptors (Lipinski definition) is 8. The summed E-state index contributed by atoms with van der Waals surface area (Å²) < 4.78 is 26.2. The summed E-state index contributed by atoms with van der Waals surface area (Å²) in [5, 5.41) is 14.6. The topological polar surface area (TPSA) is 93.3 Å². The Bertz CT molecular complexity index is 942. The first kappa shape index (κ1) is 18.4. The van der Waals surface area contributed by atoms with Gasteiger partial charge in [-0.2, -0.15) is 10.1 Å². The fourth-order valence-electron chi connectivity index (χ4n) is 3.21. The first-order valence-electron chi connectivity index (χ1n) is 9.06. The number of aromatic nitrogens is 4. The number of nitrogens with one attached hydrogen (secondary N) is 2. The first-order valence-corrected chi connectivity index (χ1v) is 9.06. The molecule has 1 aliphatic rings. The summed E-state index contributed by atoms with van der Waals surface area (Å²) in [6.45, 7) is 4.26. The molecular weight excluding hydrogens is 365 g/mol. The van der Waals surface area contributed by atoms with Crippen molar-refractivity contribution in [3.8, 4) is 11.4 Å². The minimum absolute atomic E-state index is 0.00386. The highest BCUT2D eigenvalue weighted by Gasteiger charge is 2.29. The Hall–Kier alpha value is -2.98. The largest absolute Gasteiger partial charge is 0.346 e. The van der Waals surface area contributed by atoms with E-state index in [0.717, 1.165) is 11.5 Å². The summed E-state index contributed by atoms with van der Waals surface area (Å²) >= 11 is 0. The second kappa shape index (κ2) is 7.95. The average molecular weight is 387 g/mol. The molecule has 3 heterocycles. The maximum Gasteiger partial charge on any atom is 0.325 e. The van der Waals surface area contributed by atoms with Gasteiger partial charge >= 0.3 is 6.01 Å². The molecule has 3 aromatic rings. The molecule has 0 bridgehead atoms. The van der Waals surface area contributed by atoms with Crippen LogP contribution in [0.3, 0.4) is 0 Å². The molecule has 2 aromatic heterocycles. The van der Waals surface area contributed by atoms with E-state index in [2.05, 4.69) is 32.8 Å². The molecule has 10 heteroatoms. The monoisotopic (exact) mass is 387 g/mol. The van der Waals surface area contributed by atoms with Crippen molar-refractivity contribution in [2.24, 2.45) is 0 Å². The SMILES string of the molecule is CNCOCNc1cc2n(n1)CCN(c1nc(-c3cccc(F)c3)no1)C2C. The van der Waals surface area contributed by atoms with Crippen LogP contribution in [0.4, 0.5) is 16.2 Å². The summed E-state index contributed by atoms with van der Waals surface area (Å²) in [7, 11) is 1.82. The molecule has 1 aromatic carbocycles. The maximum absolute atomic E-state index is 13.5. The van der Waals surface area contributed by atoms with Crippen molar-refractivity contribution < 1.29 is 13.7 Å². The van der Waals surface area contributed by atoms with Gasteiger partial charge in [0, 0.05) is 18.2 Å². The first-order chi connectivity index (χ1) is 13.7. The zero-order valence-electron chi connectivity index (χ0n) is 15.7. The highest BCUT2D eigenvalue weighted by molar-refractivity contribution is 5.55. The molecule has 9 nitrogen and oxygen atoms in total. The van der Waals surface area contributed by atoms with Crippen LogP contribution in [0.1, 0.15) is 18.7 Å². The van der Waals surface area contributed by atoms with Crippen LogP contribution in [0.2, 0.25) is 0 Å². The Balaban J connectivity index is 1.49. The van der Waals surface area contributed by atoms with E-state index in [1.807, 2.05) is 22.7 Å². The van der Waals surface area contributed by atoms with E-state index in [0.29, 0.717) is 44.0 Å². The average Bonchev–Trinajstić information content (AvgIpc) is 3.33. The van der Waals surface area contributed by atoms with Crippen LogP contribution in [0.25, 0.3) is 11.4 Å². The number of benzene rings is 1. The van der Waals surface area contributed by atoms with Crippen LogP contribution in [0.5, 0.6) is 0 Å². The molecule has 148 valence electrons. The van der Waals surface area contributed by atoms with Gasteiger partial charge in [0.25, 0.3) is 0 Å². The second-order valence-electron chi connectivity index (χ2n) is 6.48. The molecule has 0 aliphatic carbocycles. The van der Waals surface area contributed by atoms with Crippen molar-refractivity contribution in [3.63, 3.8) is 0 Å². The molecular formula is C18H22FN7O2. The van der Waals surface area contributed by atoms with Gasteiger partial charge in [-0.05, 0) is 26.1 Å². The standard InChI is InChI=1S/C18H22FN7O2/c1-12-15-9-16(21-11-27-10-20-2)23-26(15)7-6-25(12)18-22-17(24-28-18)13-4-3-5-14(19)8-13/h3-5,8-9,12,20H,6-7,10-11H2,1-2H3,(H,21,23). The molecule has 2 N–H and O–H groups in total. The summed E-state index contributed by atoms with van der Waals surface area (Å²) in [6, 6.07) is 8.54. The molecule has 0 amide bonds. The van der Waals surface area contributed by atoms with Gasteiger partial charge in [0.2, 0.25) is 5.82 Å². The van der Waals surface area contributed by atoms with Crippen molar-refractivity contribution in [1.29, 1.82) is 0 Å². The number of ether oxygens (including phenoxy) is 1. The van der Waals surface area contributed by atoms with Gasteiger partial charge in [-0.3, -0.25) is 10.00 Å². The fourth-order valence-corrected chi connectivity index (χ4v) is 3.21. The van der Waals surface area contributed by atoms with Gasteiger partial charge in [0.15, 0.2) is 0 Å². The molecule has 1 atom stereocenters. The fraction of sp³-hybridized carbons (Fsp3) is 0.389. The molecule has 0 saturated heterocycles. The Morgan fingerprint density at radius 1 is 1.29 bits per heavy atom. The number of nitrogens with zero attached hydrogens (tertiary/aromatic N) is 5. The number of hydrogen-bond donors (Lipinski definition) is 2. The second-order valence-corrected chi connectivity index (χ2v) is 6.48. The van der Waals surface area contributed by atoms with Gasteiger partial charge in [-0.25, -0.2) is 4.39 Å². The lowest BCUT2D eigenvalue weighted by atomic mass is 10.1. The van der Waals surface area contributed by atoms with E-state index >= 15 is 0 Å². The molecule has 0 radical (unpaired) electrons. The lowest BCUT2D eigenvalue weighted by molar-refractivity contribution is 0.139. The Morgan fingerprint density at radius 2 is 2.18 bits per heavy atom. The molecule has 4 rings (SSSR count). The van der Waals surface area contributed by atoms with Crippen LogP contribution in [0, 0.1) is 5.82 Å². The quantitative estimate of drug-likeness (QED) is 0.471. The van der Waals surface area contributed by atoms with Crippen molar-refractivity contribution >= 4 is 11.8 Å². The van der Waals surface area contributed by atoms with Gasteiger partial charge in [-0.1, -0.05) is 17.3 Å². The number of anilines is 2. The van der Waals surface area contributed by atoms with E-state index in [4.69, 9.17) is 9.26 Å². The minimum Gasteiger partial charge on any atom is -0.346 e.